The molecule has 0 aromatic rings. The Kier molecular flexibility index (Phi) is 13.7. The van der Waals surface area contributed by atoms with E-state index in [2.05, 4.69) is 24.8 Å². The first-order valence-electron chi connectivity index (χ1n) is 7.11. The number of carboxylic acids is 1. The number of ether oxygens (including phenoxy) is 1. The molecule has 0 saturated carbocycles. The van der Waals surface area contributed by atoms with E-state index in [0.717, 1.165) is 12.8 Å². The molecule has 0 aliphatic rings. The number of allylic oxidation sites excluding steroid dienone is 1. The number of rotatable bonds is 12. The maximum atomic E-state index is 10.2. The normalized spacial score (nSPS) is 10.4. The summed E-state index contributed by atoms with van der Waals surface area (Å²) < 4.78 is 5.40. The highest BCUT2D eigenvalue weighted by atomic mass is 16.5. The van der Waals surface area contributed by atoms with Gasteiger partial charge in [-0.25, -0.2) is 0 Å². The first-order chi connectivity index (χ1) is 9.27. The van der Waals surface area contributed by atoms with Crippen molar-refractivity contribution in [3.63, 3.8) is 0 Å². The predicted molar refractivity (Wildman–Crippen MR) is 78.2 cm³/mol. The van der Waals surface area contributed by atoms with Crippen molar-refractivity contribution in [3.8, 4) is 0 Å². The zero-order chi connectivity index (χ0) is 14.2. The molecule has 0 aliphatic heterocycles. The van der Waals surface area contributed by atoms with E-state index in [1.54, 1.807) is 6.08 Å². The molecule has 0 unspecified atom stereocenters. The van der Waals surface area contributed by atoms with Crippen molar-refractivity contribution >= 4 is 5.97 Å². The monoisotopic (exact) mass is 266 g/mol. The number of hydrogen-bond donors (Lipinski definition) is 1. The fourth-order valence-electron chi connectivity index (χ4n) is 1.48. The zero-order valence-corrected chi connectivity index (χ0v) is 11.9. The molecule has 0 saturated heterocycles. The second-order valence-electron chi connectivity index (χ2n) is 4.36. The topological polar surface area (TPSA) is 46.5 Å². The summed E-state index contributed by atoms with van der Waals surface area (Å²) in [6.45, 7) is 3.52. The molecule has 1 N–H and O–H groups in total. The predicted octanol–water partition coefficient (Wildman–Crippen LogP) is 4.11. The third-order valence-corrected chi connectivity index (χ3v) is 2.52. The second kappa shape index (κ2) is 14.7. The van der Waals surface area contributed by atoms with E-state index < -0.39 is 5.97 Å². The molecular weight excluding hydrogens is 240 g/mol. The van der Waals surface area contributed by atoms with Crippen LogP contribution in [-0.2, 0) is 9.53 Å². The minimum atomic E-state index is -0.832. The minimum absolute atomic E-state index is 0.0259. The summed E-state index contributed by atoms with van der Waals surface area (Å²) in [5, 5.41) is 8.39. The van der Waals surface area contributed by atoms with Gasteiger partial charge in [-0.3, -0.25) is 4.79 Å². The van der Waals surface area contributed by atoms with Crippen molar-refractivity contribution in [2.24, 2.45) is 0 Å². The van der Waals surface area contributed by atoms with Gasteiger partial charge in [-0.05, 0) is 31.4 Å². The van der Waals surface area contributed by atoms with Crippen molar-refractivity contribution < 1.29 is 14.6 Å². The quantitative estimate of drug-likeness (QED) is 0.328. The molecule has 0 spiro atoms. The summed E-state index contributed by atoms with van der Waals surface area (Å²) in [4.78, 5) is 10.2. The molecule has 0 aromatic heterocycles. The molecule has 0 radical (unpaired) electrons. The van der Waals surface area contributed by atoms with Crippen LogP contribution in [0, 0.1) is 0 Å². The summed E-state index contributed by atoms with van der Waals surface area (Å²) in [5.41, 5.74) is 2.82. The van der Waals surface area contributed by atoms with Gasteiger partial charge in [0.2, 0.25) is 0 Å². The van der Waals surface area contributed by atoms with Crippen LogP contribution in [0.1, 0.15) is 51.9 Å². The van der Waals surface area contributed by atoms with Gasteiger partial charge in [0.15, 0.2) is 0 Å². The van der Waals surface area contributed by atoms with E-state index >= 15 is 0 Å². The smallest absolute Gasteiger partial charge is 0.307 e. The Balaban J connectivity index is 3.28. The molecule has 0 bridgehead atoms. The SMILES string of the molecule is CCCCCC/C=C\COCCC=C=CCC(=O)O. The lowest BCUT2D eigenvalue weighted by Gasteiger charge is -1.97. The maximum Gasteiger partial charge on any atom is 0.307 e. The molecule has 0 aliphatic carbocycles. The molecule has 0 amide bonds. The Morgan fingerprint density at radius 2 is 2.00 bits per heavy atom. The fraction of sp³-hybridized carbons (Fsp3) is 0.625. The molecule has 0 aromatic carbocycles. The highest BCUT2D eigenvalue weighted by molar-refractivity contribution is 5.68. The summed E-state index contributed by atoms with van der Waals surface area (Å²) in [7, 11) is 0. The Morgan fingerprint density at radius 3 is 2.74 bits per heavy atom. The average molecular weight is 266 g/mol. The summed E-state index contributed by atoms with van der Waals surface area (Å²) in [6.07, 6.45) is 14.7. The highest BCUT2D eigenvalue weighted by Crippen LogP contribution is 2.02. The number of carbonyl (C=O) groups is 1. The Labute approximate surface area is 116 Å². The minimum Gasteiger partial charge on any atom is -0.481 e. The van der Waals surface area contributed by atoms with Crippen molar-refractivity contribution in [3.05, 3.63) is 30.0 Å². The average Bonchev–Trinajstić information content (AvgIpc) is 2.39. The van der Waals surface area contributed by atoms with E-state index in [-0.39, 0.29) is 6.42 Å². The summed E-state index contributed by atoms with van der Waals surface area (Å²) in [5.74, 6) is -0.832. The Morgan fingerprint density at radius 1 is 1.16 bits per heavy atom. The number of hydrogen-bond acceptors (Lipinski definition) is 2. The van der Waals surface area contributed by atoms with E-state index in [9.17, 15) is 4.79 Å². The molecule has 0 fully saturated rings. The van der Waals surface area contributed by atoms with Gasteiger partial charge < -0.3 is 9.84 Å². The lowest BCUT2D eigenvalue weighted by molar-refractivity contribution is -0.135. The molecule has 108 valence electrons. The van der Waals surface area contributed by atoms with Gasteiger partial charge in [-0.1, -0.05) is 38.3 Å². The van der Waals surface area contributed by atoms with E-state index in [4.69, 9.17) is 9.84 Å². The largest absolute Gasteiger partial charge is 0.481 e. The summed E-state index contributed by atoms with van der Waals surface area (Å²) in [6, 6.07) is 0. The van der Waals surface area contributed by atoms with Crippen LogP contribution in [0.2, 0.25) is 0 Å². The second-order valence-corrected chi connectivity index (χ2v) is 4.36. The van der Waals surface area contributed by atoms with Gasteiger partial charge >= 0.3 is 5.97 Å². The van der Waals surface area contributed by atoms with Crippen LogP contribution < -0.4 is 0 Å². The van der Waals surface area contributed by atoms with Gasteiger partial charge in [0.05, 0.1) is 19.6 Å². The molecule has 3 nitrogen and oxygen atoms in total. The fourth-order valence-corrected chi connectivity index (χ4v) is 1.48. The molecule has 19 heavy (non-hydrogen) atoms. The van der Waals surface area contributed by atoms with Gasteiger partial charge in [0.1, 0.15) is 0 Å². The van der Waals surface area contributed by atoms with Crippen LogP contribution in [0.4, 0.5) is 0 Å². The maximum absolute atomic E-state index is 10.2. The standard InChI is InChI=1S/C16H26O3/c1-2-3-4-5-6-8-11-14-19-15-12-9-7-10-13-16(17)18/h8-11H,2-6,12-15H2,1H3,(H,17,18)/b11-8-. The van der Waals surface area contributed by atoms with Gasteiger partial charge in [-0.2, -0.15) is 0 Å². The van der Waals surface area contributed by atoms with Crippen LogP contribution >= 0.6 is 0 Å². The van der Waals surface area contributed by atoms with Crippen LogP contribution in [0.15, 0.2) is 30.0 Å². The van der Waals surface area contributed by atoms with E-state index in [1.165, 1.54) is 31.8 Å². The zero-order valence-electron chi connectivity index (χ0n) is 11.9. The van der Waals surface area contributed by atoms with Crippen LogP contribution in [0.25, 0.3) is 0 Å². The number of carboxylic acid groups (broad SMARTS) is 1. The van der Waals surface area contributed by atoms with Crippen LogP contribution in [-0.4, -0.2) is 24.3 Å². The van der Waals surface area contributed by atoms with Gasteiger partial charge in [-0.15, -0.1) is 5.73 Å². The van der Waals surface area contributed by atoms with E-state index in [1.807, 2.05) is 0 Å². The van der Waals surface area contributed by atoms with Crippen molar-refractivity contribution in [2.45, 2.75) is 51.9 Å². The lowest BCUT2D eigenvalue weighted by Crippen LogP contribution is -1.92. The molecule has 0 rings (SSSR count). The first kappa shape index (κ1) is 17.7. The molecule has 0 atom stereocenters. The van der Waals surface area contributed by atoms with Crippen molar-refractivity contribution in [1.29, 1.82) is 0 Å². The molecular formula is C16H26O3. The van der Waals surface area contributed by atoms with Crippen LogP contribution in [0.3, 0.4) is 0 Å². The Hall–Kier alpha value is -1.31. The van der Waals surface area contributed by atoms with E-state index in [0.29, 0.717) is 13.2 Å². The lowest BCUT2D eigenvalue weighted by atomic mass is 10.1. The highest BCUT2D eigenvalue weighted by Gasteiger charge is 1.87. The van der Waals surface area contributed by atoms with Crippen molar-refractivity contribution in [2.75, 3.05) is 13.2 Å². The number of unbranched alkanes of at least 4 members (excludes halogenated alkanes) is 4. The van der Waals surface area contributed by atoms with Gasteiger partial charge in [0.25, 0.3) is 0 Å². The third-order valence-electron chi connectivity index (χ3n) is 2.52. The van der Waals surface area contributed by atoms with Crippen molar-refractivity contribution in [1.82, 2.24) is 0 Å². The Bertz CT molecular complexity index is 299. The number of aliphatic carboxylic acids is 1. The summed E-state index contributed by atoms with van der Waals surface area (Å²) >= 11 is 0. The molecule has 3 heteroatoms. The first-order valence-corrected chi connectivity index (χ1v) is 7.11. The van der Waals surface area contributed by atoms with Gasteiger partial charge in [0, 0.05) is 0 Å². The third kappa shape index (κ3) is 16.7. The molecule has 0 heterocycles. The van der Waals surface area contributed by atoms with Crippen LogP contribution in [0.5, 0.6) is 0 Å².